The van der Waals surface area contributed by atoms with Gasteiger partial charge in [-0.2, -0.15) is 0 Å². The summed E-state index contributed by atoms with van der Waals surface area (Å²) in [6.45, 7) is 5.10. The number of hydrogen-bond acceptors (Lipinski definition) is 2. The molecule has 0 fully saturated rings. The molecule has 1 atom stereocenters. The van der Waals surface area contributed by atoms with Crippen LogP contribution in [-0.2, 0) is 6.54 Å². The van der Waals surface area contributed by atoms with E-state index in [9.17, 15) is 5.11 Å². The van der Waals surface area contributed by atoms with Gasteiger partial charge in [0.1, 0.15) is 5.75 Å². The quantitative estimate of drug-likeness (QED) is 0.847. The number of rotatable bonds is 5. The molecular formula is C17H20ClNO. The highest BCUT2D eigenvalue weighted by molar-refractivity contribution is 6.30. The van der Waals surface area contributed by atoms with Gasteiger partial charge in [-0.15, -0.1) is 0 Å². The van der Waals surface area contributed by atoms with Crippen LogP contribution in [0.3, 0.4) is 0 Å². The Hall–Kier alpha value is -1.51. The number of hydrogen-bond donors (Lipinski definition) is 2. The van der Waals surface area contributed by atoms with Crippen molar-refractivity contribution in [3.63, 3.8) is 0 Å². The minimum Gasteiger partial charge on any atom is -0.508 e. The molecule has 2 aromatic rings. The van der Waals surface area contributed by atoms with Crippen LogP contribution >= 0.6 is 11.6 Å². The van der Waals surface area contributed by atoms with Gasteiger partial charge in [0.25, 0.3) is 0 Å². The van der Waals surface area contributed by atoms with Crippen LogP contribution in [-0.4, -0.2) is 5.11 Å². The second-order valence-electron chi connectivity index (χ2n) is 5.32. The minimum atomic E-state index is 0.259. The average molecular weight is 290 g/mol. The van der Waals surface area contributed by atoms with Crippen molar-refractivity contribution in [3.8, 4) is 5.75 Å². The number of benzene rings is 2. The van der Waals surface area contributed by atoms with Crippen LogP contribution in [0.4, 0.5) is 0 Å². The standard InChI is InChI=1S/C17H20ClNO/c1-12(2)17(14-6-8-15(18)9-7-14)19-11-13-4-3-5-16(20)10-13/h3-10,12,17,19-20H,11H2,1-2H3. The van der Waals surface area contributed by atoms with Crippen LogP contribution in [0.1, 0.15) is 31.0 Å². The summed E-state index contributed by atoms with van der Waals surface area (Å²) in [5, 5.41) is 13.8. The summed E-state index contributed by atoms with van der Waals surface area (Å²) in [7, 11) is 0. The lowest BCUT2D eigenvalue weighted by atomic mass is 9.96. The summed E-state index contributed by atoms with van der Waals surface area (Å²) in [4.78, 5) is 0. The van der Waals surface area contributed by atoms with E-state index in [1.165, 1.54) is 5.56 Å². The van der Waals surface area contributed by atoms with E-state index in [1.54, 1.807) is 12.1 Å². The van der Waals surface area contributed by atoms with Crippen molar-refractivity contribution in [2.45, 2.75) is 26.4 Å². The van der Waals surface area contributed by atoms with E-state index in [0.29, 0.717) is 11.7 Å². The van der Waals surface area contributed by atoms with Gasteiger partial charge in [0, 0.05) is 17.6 Å². The normalized spacial score (nSPS) is 12.6. The molecule has 3 heteroatoms. The maximum absolute atomic E-state index is 9.49. The molecular weight excluding hydrogens is 270 g/mol. The third kappa shape index (κ3) is 3.99. The molecule has 1 unspecified atom stereocenters. The maximum Gasteiger partial charge on any atom is 0.115 e. The first-order chi connectivity index (χ1) is 9.56. The SMILES string of the molecule is CC(C)C(NCc1cccc(O)c1)c1ccc(Cl)cc1. The second kappa shape index (κ2) is 6.78. The fourth-order valence-corrected chi connectivity index (χ4v) is 2.43. The Morgan fingerprint density at radius 2 is 1.80 bits per heavy atom. The van der Waals surface area contributed by atoms with E-state index in [4.69, 9.17) is 11.6 Å². The Balaban J connectivity index is 2.08. The summed E-state index contributed by atoms with van der Waals surface area (Å²) in [5.41, 5.74) is 2.30. The van der Waals surface area contributed by atoms with Crippen molar-refractivity contribution in [1.82, 2.24) is 5.32 Å². The summed E-state index contributed by atoms with van der Waals surface area (Å²) in [6, 6.07) is 15.5. The van der Waals surface area contributed by atoms with Crippen LogP contribution in [0.15, 0.2) is 48.5 Å². The van der Waals surface area contributed by atoms with Crippen molar-refractivity contribution in [2.75, 3.05) is 0 Å². The minimum absolute atomic E-state index is 0.259. The Morgan fingerprint density at radius 1 is 1.10 bits per heavy atom. The molecule has 2 N–H and O–H groups in total. The predicted molar refractivity (Wildman–Crippen MR) is 84.0 cm³/mol. The Labute approximate surface area is 125 Å². The molecule has 2 aromatic carbocycles. The average Bonchev–Trinajstić information content (AvgIpc) is 2.41. The molecule has 106 valence electrons. The monoisotopic (exact) mass is 289 g/mol. The van der Waals surface area contributed by atoms with Gasteiger partial charge in [0.15, 0.2) is 0 Å². The molecule has 0 radical (unpaired) electrons. The molecule has 0 saturated carbocycles. The molecule has 2 rings (SSSR count). The summed E-state index contributed by atoms with van der Waals surface area (Å²) < 4.78 is 0. The predicted octanol–water partition coefficient (Wildman–Crippen LogP) is 4.53. The lowest BCUT2D eigenvalue weighted by Crippen LogP contribution is -2.25. The van der Waals surface area contributed by atoms with E-state index in [-0.39, 0.29) is 6.04 Å². The van der Waals surface area contributed by atoms with E-state index >= 15 is 0 Å². The van der Waals surface area contributed by atoms with Gasteiger partial charge >= 0.3 is 0 Å². The van der Waals surface area contributed by atoms with E-state index in [0.717, 1.165) is 17.1 Å². The largest absolute Gasteiger partial charge is 0.508 e. The molecule has 0 bridgehead atoms. The number of aromatic hydroxyl groups is 1. The fourth-order valence-electron chi connectivity index (χ4n) is 2.30. The van der Waals surface area contributed by atoms with Crippen molar-refractivity contribution in [2.24, 2.45) is 5.92 Å². The van der Waals surface area contributed by atoms with Crippen LogP contribution < -0.4 is 5.32 Å². The molecule has 0 aliphatic heterocycles. The molecule has 0 aromatic heterocycles. The van der Waals surface area contributed by atoms with Crippen molar-refractivity contribution >= 4 is 11.6 Å². The number of halogens is 1. The highest BCUT2D eigenvalue weighted by atomic mass is 35.5. The summed E-state index contributed by atoms with van der Waals surface area (Å²) in [6.07, 6.45) is 0. The van der Waals surface area contributed by atoms with Gasteiger partial charge in [-0.05, 0) is 41.3 Å². The second-order valence-corrected chi connectivity index (χ2v) is 5.76. The lowest BCUT2D eigenvalue weighted by molar-refractivity contribution is 0.410. The zero-order valence-corrected chi connectivity index (χ0v) is 12.6. The number of nitrogens with one attached hydrogen (secondary N) is 1. The Bertz CT molecular complexity index is 551. The fraction of sp³-hybridized carbons (Fsp3) is 0.294. The van der Waals surface area contributed by atoms with Gasteiger partial charge in [-0.3, -0.25) is 0 Å². The smallest absolute Gasteiger partial charge is 0.115 e. The molecule has 0 amide bonds. The third-order valence-corrected chi connectivity index (χ3v) is 3.58. The summed E-state index contributed by atoms with van der Waals surface area (Å²) in [5.74, 6) is 0.769. The first-order valence-corrected chi connectivity index (χ1v) is 7.21. The van der Waals surface area contributed by atoms with Gasteiger partial charge in [0.05, 0.1) is 0 Å². The number of phenolic OH excluding ortho intramolecular Hbond substituents is 1. The highest BCUT2D eigenvalue weighted by Gasteiger charge is 2.15. The van der Waals surface area contributed by atoms with E-state index < -0.39 is 0 Å². The van der Waals surface area contributed by atoms with Crippen LogP contribution in [0.5, 0.6) is 5.75 Å². The molecule has 0 heterocycles. The first kappa shape index (κ1) is 14.9. The number of phenols is 1. The topological polar surface area (TPSA) is 32.3 Å². The molecule has 0 spiro atoms. The Kier molecular flexibility index (Phi) is 5.05. The van der Waals surface area contributed by atoms with Crippen molar-refractivity contribution in [3.05, 3.63) is 64.7 Å². The molecule has 2 nitrogen and oxygen atoms in total. The molecule has 0 aliphatic rings. The maximum atomic E-state index is 9.49. The molecule has 0 aliphatic carbocycles. The van der Waals surface area contributed by atoms with Crippen LogP contribution in [0.2, 0.25) is 5.02 Å². The lowest BCUT2D eigenvalue weighted by Gasteiger charge is -2.23. The summed E-state index contributed by atoms with van der Waals surface area (Å²) >= 11 is 5.94. The van der Waals surface area contributed by atoms with E-state index in [1.807, 2.05) is 24.3 Å². The highest BCUT2D eigenvalue weighted by Crippen LogP contribution is 2.24. The molecule has 0 saturated heterocycles. The van der Waals surface area contributed by atoms with Crippen LogP contribution in [0, 0.1) is 5.92 Å². The first-order valence-electron chi connectivity index (χ1n) is 6.83. The zero-order chi connectivity index (χ0) is 14.5. The van der Waals surface area contributed by atoms with Gasteiger partial charge in [-0.1, -0.05) is 49.7 Å². The Morgan fingerprint density at radius 3 is 2.40 bits per heavy atom. The third-order valence-electron chi connectivity index (χ3n) is 3.33. The van der Waals surface area contributed by atoms with Crippen LogP contribution in [0.25, 0.3) is 0 Å². The van der Waals surface area contributed by atoms with E-state index in [2.05, 4.69) is 31.3 Å². The van der Waals surface area contributed by atoms with Gasteiger partial charge in [0.2, 0.25) is 0 Å². The van der Waals surface area contributed by atoms with Crippen molar-refractivity contribution in [1.29, 1.82) is 0 Å². The van der Waals surface area contributed by atoms with Crippen molar-refractivity contribution < 1.29 is 5.11 Å². The zero-order valence-electron chi connectivity index (χ0n) is 11.8. The molecule has 20 heavy (non-hydrogen) atoms. The van der Waals surface area contributed by atoms with Gasteiger partial charge < -0.3 is 10.4 Å². The van der Waals surface area contributed by atoms with Gasteiger partial charge in [-0.25, -0.2) is 0 Å².